The van der Waals surface area contributed by atoms with Gasteiger partial charge < -0.3 is 15.3 Å². The molecule has 3 aromatic carbocycles. The van der Waals surface area contributed by atoms with Gasteiger partial charge in [-0.3, -0.25) is 0 Å². The molecule has 4 aromatic rings. The lowest BCUT2D eigenvalue weighted by atomic mass is 9.77. The highest BCUT2D eigenvalue weighted by Crippen LogP contribution is 2.40. The number of thiazole rings is 1. The van der Waals surface area contributed by atoms with E-state index in [0.29, 0.717) is 6.42 Å². The number of aliphatic carboxylic acids is 1. The van der Waals surface area contributed by atoms with Gasteiger partial charge in [0.2, 0.25) is 0 Å². The van der Waals surface area contributed by atoms with E-state index in [1.54, 1.807) is 0 Å². The topological polar surface area (TPSA) is 83.8 Å². The second-order valence-electron chi connectivity index (χ2n) is 7.27. The van der Waals surface area contributed by atoms with Gasteiger partial charge in [0, 0.05) is 11.8 Å². The molecule has 1 heterocycles. The van der Waals surface area contributed by atoms with Crippen molar-refractivity contribution in [3.05, 3.63) is 119 Å². The normalized spacial score (nSPS) is 11.4. The second kappa shape index (κ2) is 10.6. The van der Waals surface area contributed by atoms with Crippen LogP contribution in [0.2, 0.25) is 0 Å². The van der Waals surface area contributed by atoms with E-state index >= 15 is 0 Å². The molecule has 0 aliphatic heterocycles. The summed E-state index contributed by atoms with van der Waals surface area (Å²) in [6.45, 7) is 0.244. The van der Waals surface area contributed by atoms with E-state index in [1.165, 1.54) is 11.3 Å². The number of rotatable bonds is 10. The van der Waals surface area contributed by atoms with E-state index in [0.717, 1.165) is 33.7 Å². The summed E-state index contributed by atoms with van der Waals surface area (Å²) in [5.41, 5.74) is 3.51. The molecule has 0 aliphatic carbocycles. The predicted octanol–water partition coefficient (Wildman–Crippen LogP) is 5.18. The minimum Gasteiger partial charge on any atom is -0.477 e. The smallest absolute Gasteiger partial charge is 0.350 e. The van der Waals surface area contributed by atoms with Gasteiger partial charge >= 0.3 is 5.97 Å². The van der Waals surface area contributed by atoms with Crippen LogP contribution in [-0.2, 0) is 21.6 Å². The molecule has 2 N–H and O–H groups in total. The van der Waals surface area contributed by atoms with E-state index < -0.39 is 11.5 Å². The molecule has 6 nitrogen and oxygen atoms in total. The van der Waals surface area contributed by atoms with Gasteiger partial charge in [0.15, 0.2) is 11.3 Å². The lowest BCUT2D eigenvalue weighted by Crippen LogP contribution is -2.38. The van der Waals surface area contributed by atoms with Crippen LogP contribution in [-0.4, -0.2) is 28.9 Å². The van der Waals surface area contributed by atoms with Crippen LogP contribution in [0.3, 0.4) is 0 Å². The number of carboxylic acid groups (broad SMARTS) is 1. The van der Waals surface area contributed by atoms with Gasteiger partial charge in [-0.2, -0.15) is 0 Å². The molecule has 33 heavy (non-hydrogen) atoms. The molecule has 0 saturated carbocycles. The molecular formula is C26H23N3O3S. The van der Waals surface area contributed by atoms with Gasteiger partial charge in [0.25, 0.3) is 0 Å². The molecule has 7 heteroatoms. The van der Waals surface area contributed by atoms with Crippen molar-refractivity contribution in [3.63, 3.8) is 0 Å². The Labute approximate surface area is 196 Å². The zero-order valence-corrected chi connectivity index (χ0v) is 18.6. The summed E-state index contributed by atoms with van der Waals surface area (Å²) in [5, 5.41) is 18.5. The van der Waals surface area contributed by atoms with Gasteiger partial charge in [0.05, 0.1) is 5.69 Å². The number of aromatic nitrogens is 1. The second-order valence-corrected chi connectivity index (χ2v) is 8.13. The minimum atomic E-state index is -1.14. The summed E-state index contributed by atoms with van der Waals surface area (Å²) in [4.78, 5) is 20.2. The molecule has 4 rings (SSSR count). The zero-order chi connectivity index (χ0) is 22.9. The third-order valence-electron chi connectivity index (χ3n) is 5.15. The minimum absolute atomic E-state index is 0.244. The lowest BCUT2D eigenvalue weighted by Gasteiger charge is -2.36. The van der Waals surface area contributed by atoms with Gasteiger partial charge in [0.1, 0.15) is 12.1 Å². The average molecular weight is 458 g/mol. The summed E-state index contributed by atoms with van der Waals surface area (Å²) in [6.07, 6.45) is 1.24. The summed E-state index contributed by atoms with van der Waals surface area (Å²) in [6, 6.07) is 31.0. The van der Waals surface area contributed by atoms with Crippen LogP contribution >= 0.6 is 11.3 Å². The van der Waals surface area contributed by atoms with Crippen LogP contribution in [0.4, 0.5) is 5.13 Å². The van der Waals surface area contributed by atoms with Crippen molar-refractivity contribution in [3.8, 4) is 0 Å². The Hall–Kier alpha value is -3.97. The molecule has 0 aliphatic rings. The van der Waals surface area contributed by atoms with Gasteiger partial charge in [-0.15, -0.1) is 11.3 Å². The van der Waals surface area contributed by atoms with Crippen LogP contribution < -0.4 is 5.32 Å². The van der Waals surface area contributed by atoms with Crippen LogP contribution in [0.5, 0.6) is 0 Å². The molecule has 0 unspecified atom stereocenters. The fourth-order valence-corrected chi connectivity index (χ4v) is 4.51. The summed E-state index contributed by atoms with van der Waals surface area (Å²) < 4.78 is 0. The van der Waals surface area contributed by atoms with E-state index in [9.17, 15) is 4.79 Å². The number of hydrogen-bond acceptors (Lipinski definition) is 6. The van der Waals surface area contributed by atoms with Crippen LogP contribution in [0.15, 0.2) is 102 Å². The Balaban J connectivity index is 1.68. The highest BCUT2D eigenvalue weighted by atomic mass is 32.1. The molecule has 1 aromatic heterocycles. The molecule has 0 amide bonds. The Morgan fingerprint density at radius 2 is 1.45 bits per heavy atom. The van der Waals surface area contributed by atoms with Crippen molar-refractivity contribution >= 4 is 28.7 Å². The third kappa shape index (κ3) is 5.27. The van der Waals surface area contributed by atoms with Crippen LogP contribution in [0.1, 0.15) is 22.4 Å². The van der Waals surface area contributed by atoms with Crippen molar-refractivity contribution in [1.29, 1.82) is 0 Å². The first-order valence-corrected chi connectivity index (χ1v) is 11.3. The lowest BCUT2D eigenvalue weighted by molar-refractivity contribution is -0.129. The highest BCUT2D eigenvalue weighted by molar-refractivity contribution is 7.13. The fraction of sp³-hybridized carbons (Fsp3) is 0.115. The van der Waals surface area contributed by atoms with E-state index in [1.807, 2.05) is 60.0 Å². The molecule has 0 spiro atoms. The Bertz CT molecular complexity index is 1100. The van der Waals surface area contributed by atoms with Crippen molar-refractivity contribution in [1.82, 2.24) is 4.98 Å². The summed E-state index contributed by atoms with van der Waals surface area (Å²) in [7, 11) is 0. The van der Waals surface area contributed by atoms with Crippen LogP contribution in [0.25, 0.3) is 0 Å². The Morgan fingerprint density at radius 1 is 0.939 bits per heavy atom. The maximum atomic E-state index is 10.5. The van der Waals surface area contributed by atoms with E-state index in [-0.39, 0.29) is 6.61 Å². The SMILES string of the molecule is O=C(O)C=NOCCc1csc(NC(c2ccccc2)(c2ccccc2)c2ccccc2)n1. The zero-order valence-electron chi connectivity index (χ0n) is 17.8. The summed E-state index contributed by atoms with van der Waals surface area (Å²) in [5.74, 6) is -1.14. The maximum absolute atomic E-state index is 10.5. The third-order valence-corrected chi connectivity index (χ3v) is 5.96. The summed E-state index contributed by atoms with van der Waals surface area (Å²) >= 11 is 1.52. The Morgan fingerprint density at radius 3 is 1.94 bits per heavy atom. The number of hydrogen-bond donors (Lipinski definition) is 2. The number of carbonyl (C=O) groups is 1. The van der Waals surface area contributed by atoms with E-state index in [4.69, 9.17) is 14.9 Å². The molecular weight excluding hydrogens is 434 g/mol. The fourth-order valence-electron chi connectivity index (χ4n) is 3.71. The molecule has 0 bridgehead atoms. The highest BCUT2D eigenvalue weighted by Gasteiger charge is 2.37. The first-order chi connectivity index (χ1) is 16.2. The van der Waals surface area contributed by atoms with Crippen molar-refractivity contribution < 1.29 is 14.7 Å². The van der Waals surface area contributed by atoms with Crippen molar-refractivity contribution in [2.24, 2.45) is 5.16 Å². The average Bonchev–Trinajstić information content (AvgIpc) is 3.31. The Kier molecular flexibility index (Phi) is 7.12. The molecule has 0 saturated heterocycles. The predicted molar refractivity (Wildman–Crippen MR) is 131 cm³/mol. The van der Waals surface area contributed by atoms with Crippen molar-refractivity contribution in [2.75, 3.05) is 11.9 Å². The van der Waals surface area contributed by atoms with Gasteiger partial charge in [-0.1, -0.05) is 96.2 Å². The number of anilines is 1. The molecule has 0 fully saturated rings. The first-order valence-electron chi connectivity index (χ1n) is 10.5. The number of carboxylic acids is 1. The monoisotopic (exact) mass is 457 g/mol. The molecule has 0 atom stereocenters. The molecule has 0 radical (unpaired) electrons. The quantitative estimate of drug-likeness (QED) is 0.148. The maximum Gasteiger partial charge on any atom is 0.350 e. The number of benzene rings is 3. The van der Waals surface area contributed by atoms with Gasteiger partial charge in [-0.25, -0.2) is 9.78 Å². The van der Waals surface area contributed by atoms with Gasteiger partial charge in [-0.05, 0) is 16.7 Å². The van der Waals surface area contributed by atoms with Crippen molar-refractivity contribution in [2.45, 2.75) is 12.0 Å². The largest absolute Gasteiger partial charge is 0.477 e. The number of oxime groups is 1. The number of nitrogens with zero attached hydrogens (tertiary/aromatic N) is 2. The molecule has 166 valence electrons. The van der Waals surface area contributed by atoms with Crippen LogP contribution in [0, 0.1) is 0 Å². The number of nitrogens with one attached hydrogen (secondary N) is 1. The first kappa shape index (κ1) is 22.2. The standard InChI is InChI=1S/C26H23N3O3S/c30-24(31)18-27-32-17-16-23-19-33-25(28-23)29-26(20-10-4-1-5-11-20,21-12-6-2-7-13-21)22-14-8-3-9-15-22/h1-15,18-19H,16-17H2,(H,28,29)(H,30,31). The van der Waals surface area contributed by atoms with E-state index in [2.05, 4.69) is 46.9 Å².